The molecule has 0 aliphatic carbocycles. The zero-order valence-electron chi connectivity index (χ0n) is 18.5. The Morgan fingerprint density at radius 3 is 2.29 bits per heavy atom. The van der Waals surface area contributed by atoms with E-state index in [0.29, 0.717) is 6.42 Å². The van der Waals surface area contributed by atoms with Gasteiger partial charge in [-0.15, -0.1) is 0 Å². The predicted octanol–water partition coefficient (Wildman–Crippen LogP) is 4.02. The number of anilines is 1. The van der Waals surface area contributed by atoms with Crippen LogP contribution in [0.2, 0.25) is 0 Å². The summed E-state index contributed by atoms with van der Waals surface area (Å²) in [5, 5.41) is 14.1. The summed E-state index contributed by atoms with van der Waals surface area (Å²) in [5.41, 5.74) is 3.02. The van der Waals surface area contributed by atoms with Crippen molar-refractivity contribution in [2.75, 3.05) is 10.6 Å². The number of sulfonamides is 1. The lowest BCUT2D eigenvalue weighted by Gasteiger charge is -2.31. The highest BCUT2D eigenvalue weighted by molar-refractivity contribution is 7.92. The van der Waals surface area contributed by atoms with Crippen molar-refractivity contribution in [2.24, 2.45) is 0 Å². The monoisotopic (exact) mass is 447 g/mol. The van der Waals surface area contributed by atoms with Crippen LogP contribution in [0.4, 0.5) is 11.4 Å². The maximum Gasteiger partial charge on any atom is 0.271 e. The molecule has 168 valence electrons. The Morgan fingerprint density at radius 2 is 1.77 bits per heavy atom. The lowest BCUT2D eigenvalue weighted by Crippen LogP contribution is -2.50. The fraction of sp³-hybridized carbons (Fsp3) is 0.409. The van der Waals surface area contributed by atoms with Crippen LogP contribution in [0.15, 0.2) is 42.5 Å². The average Bonchev–Trinajstić information content (AvgIpc) is 2.71. The van der Waals surface area contributed by atoms with E-state index < -0.39 is 26.9 Å². The zero-order valence-corrected chi connectivity index (χ0v) is 19.3. The summed E-state index contributed by atoms with van der Waals surface area (Å²) in [5.74, 6) is -0.454. The van der Waals surface area contributed by atoms with Crippen LogP contribution in [0.5, 0.6) is 0 Å². The van der Waals surface area contributed by atoms with Crippen molar-refractivity contribution in [3.05, 3.63) is 69.3 Å². The number of hydrogen-bond donors (Lipinski definition) is 1. The SMILES string of the molecule is CCC(NC(=O)C(CC)N(c1cccc([N+](=O)[O-])c1)S(C)(=O)=O)c1ccc(C)c(C)c1. The number of nitrogens with zero attached hydrogens (tertiary/aromatic N) is 2. The predicted molar refractivity (Wildman–Crippen MR) is 122 cm³/mol. The number of hydrogen-bond acceptors (Lipinski definition) is 5. The Kier molecular flexibility index (Phi) is 7.78. The van der Waals surface area contributed by atoms with Gasteiger partial charge in [0.1, 0.15) is 6.04 Å². The van der Waals surface area contributed by atoms with Crippen LogP contribution >= 0.6 is 0 Å². The molecule has 1 amide bonds. The number of nitrogens with one attached hydrogen (secondary N) is 1. The Bertz CT molecular complexity index is 1070. The Balaban J connectivity index is 2.41. The molecular formula is C22H29N3O5S. The first kappa shape index (κ1) is 24.3. The minimum atomic E-state index is -3.89. The summed E-state index contributed by atoms with van der Waals surface area (Å²) in [6, 6.07) is 9.92. The molecule has 0 heterocycles. The molecule has 31 heavy (non-hydrogen) atoms. The maximum absolute atomic E-state index is 13.2. The second-order valence-electron chi connectivity index (χ2n) is 7.57. The molecule has 0 aliphatic rings. The third-order valence-corrected chi connectivity index (χ3v) is 6.46. The quantitative estimate of drug-likeness (QED) is 0.461. The molecule has 8 nitrogen and oxygen atoms in total. The summed E-state index contributed by atoms with van der Waals surface area (Å²) >= 11 is 0. The highest BCUT2D eigenvalue weighted by Crippen LogP contribution is 2.27. The number of carbonyl (C=O) groups is 1. The van der Waals surface area contributed by atoms with Crippen LogP contribution in [0.1, 0.15) is 49.4 Å². The number of non-ortho nitro benzene ring substituents is 1. The lowest BCUT2D eigenvalue weighted by atomic mass is 9.99. The van der Waals surface area contributed by atoms with Gasteiger partial charge in [-0.3, -0.25) is 19.2 Å². The molecule has 2 atom stereocenters. The molecule has 0 aromatic heterocycles. The molecule has 2 unspecified atom stereocenters. The van der Waals surface area contributed by atoms with Crippen molar-refractivity contribution in [1.29, 1.82) is 0 Å². The van der Waals surface area contributed by atoms with Gasteiger partial charge in [-0.25, -0.2) is 8.42 Å². The van der Waals surface area contributed by atoms with Gasteiger partial charge >= 0.3 is 0 Å². The zero-order chi connectivity index (χ0) is 23.3. The second kappa shape index (κ2) is 9.91. The molecular weight excluding hydrogens is 418 g/mol. The maximum atomic E-state index is 13.2. The Labute approximate surface area is 183 Å². The summed E-state index contributed by atoms with van der Waals surface area (Å²) in [6.45, 7) is 7.65. The van der Waals surface area contributed by atoms with Gasteiger partial charge in [-0.2, -0.15) is 0 Å². The van der Waals surface area contributed by atoms with Crippen LogP contribution in [0.25, 0.3) is 0 Å². The normalized spacial score (nSPS) is 13.3. The van der Waals surface area contributed by atoms with Crippen molar-refractivity contribution in [1.82, 2.24) is 5.32 Å². The van der Waals surface area contributed by atoms with E-state index in [0.717, 1.165) is 33.3 Å². The van der Waals surface area contributed by atoms with E-state index >= 15 is 0 Å². The van der Waals surface area contributed by atoms with E-state index in [1.807, 2.05) is 39.0 Å². The number of aryl methyl sites for hydroxylation is 2. The van der Waals surface area contributed by atoms with Gasteiger partial charge in [-0.1, -0.05) is 38.1 Å². The molecule has 2 rings (SSSR count). The van der Waals surface area contributed by atoms with E-state index in [2.05, 4.69) is 5.32 Å². The van der Waals surface area contributed by atoms with E-state index in [1.165, 1.54) is 18.2 Å². The minimum Gasteiger partial charge on any atom is -0.347 e. The van der Waals surface area contributed by atoms with Gasteiger partial charge in [0.15, 0.2) is 0 Å². The third kappa shape index (κ3) is 5.81. The van der Waals surface area contributed by atoms with Crippen LogP contribution in [0.3, 0.4) is 0 Å². The van der Waals surface area contributed by atoms with E-state index in [-0.39, 0.29) is 23.8 Å². The van der Waals surface area contributed by atoms with Crippen molar-refractivity contribution >= 4 is 27.3 Å². The Morgan fingerprint density at radius 1 is 1.10 bits per heavy atom. The molecule has 2 aromatic rings. The van der Waals surface area contributed by atoms with Crippen molar-refractivity contribution < 1.29 is 18.1 Å². The van der Waals surface area contributed by atoms with Crippen LogP contribution in [-0.4, -0.2) is 31.5 Å². The van der Waals surface area contributed by atoms with Gasteiger partial charge < -0.3 is 5.32 Å². The van der Waals surface area contributed by atoms with Crippen molar-refractivity contribution in [2.45, 2.75) is 52.6 Å². The van der Waals surface area contributed by atoms with E-state index in [9.17, 15) is 23.3 Å². The fourth-order valence-electron chi connectivity index (χ4n) is 3.47. The molecule has 0 radical (unpaired) electrons. The summed E-state index contributed by atoms with van der Waals surface area (Å²) in [6.07, 6.45) is 1.81. The van der Waals surface area contributed by atoms with Crippen LogP contribution in [-0.2, 0) is 14.8 Å². The number of carbonyl (C=O) groups excluding carboxylic acids is 1. The number of benzene rings is 2. The van der Waals surface area contributed by atoms with Gasteiger partial charge in [0, 0.05) is 12.1 Å². The summed E-state index contributed by atoms with van der Waals surface area (Å²) in [7, 11) is -3.89. The van der Waals surface area contributed by atoms with Gasteiger partial charge in [0.25, 0.3) is 5.69 Å². The number of nitro groups is 1. The molecule has 0 aliphatic heterocycles. The minimum absolute atomic E-state index is 0.0814. The van der Waals surface area contributed by atoms with Crippen molar-refractivity contribution in [3.63, 3.8) is 0 Å². The van der Waals surface area contributed by atoms with E-state index in [1.54, 1.807) is 6.92 Å². The first-order valence-corrected chi connectivity index (χ1v) is 12.0. The van der Waals surface area contributed by atoms with Crippen LogP contribution < -0.4 is 9.62 Å². The molecule has 9 heteroatoms. The summed E-state index contributed by atoms with van der Waals surface area (Å²) in [4.78, 5) is 23.7. The topological polar surface area (TPSA) is 110 Å². The first-order chi connectivity index (χ1) is 14.5. The van der Waals surface area contributed by atoms with Crippen LogP contribution in [0, 0.1) is 24.0 Å². The highest BCUT2D eigenvalue weighted by atomic mass is 32.2. The smallest absolute Gasteiger partial charge is 0.271 e. The molecule has 0 bridgehead atoms. The fourth-order valence-corrected chi connectivity index (χ4v) is 4.68. The molecule has 2 aromatic carbocycles. The molecule has 0 saturated carbocycles. The van der Waals surface area contributed by atoms with E-state index in [4.69, 9.17) is 0 Å². The van der Waals surface area contributed by atoms with Gasteiger partial charge in [0.05, 0.1) is 22.9 Å². The summed E-state index contributed by atoms with van der Waals surface area (Å²) < 4.78 is 26.2. The Hall–Kier alpha value is -2.94. The van der Waals surface area contributed by atoms with Gasteiger partial charge in [-0.05, 0) is 49.4 Å². The van der Waals surface area contributed by atoms with Crippen molar-refractivity contribution in [3.8, 4) is 0 Å². The first-order valence-electron chi connectivity index (χ1n) is 10.1. The average molecular weight is 448 g/mol. The standard InChI is InChI=1S/C22H29N3O5S/c1-6-20(17-12-11-15(3)16(4)13-17)23-22(26)21(7-2)24(31(5,29)30)18-9-8-10-19(14-18)25(27)28/h8-14,20-21H,6-7H2,1-5H3,(H,23,26). The third-order valence-electron chi connectivity index (χ3n) is 5.28. The molecule has 0 spiro atoms. The number of rotatable bonds is 9. The molecule has 0 saturated heterocycles. The number of nitro benzene ring substituents is 1. The second-order valence-corrected chi connectivity index (χ2v) is 9.43. The highest BCUT2D eigenvalue weighted by Gasteiger charge is 2.33. The molecule has 1 N–H and O–H groups in total. The van der Waals surface area contributed by atoms with Gasteiger partial charge in [0.2, 0.25) is 15.9 Å². The largest absolute Gasteiger partial charge is 0.347 e. The lowest BCUT2D eigenvalue weighted by molar-refractivity contribution is -0.384. The molecule has 0 fully saturated rings. The number of amides is 1.